The fourth-order valence-corrected chi connectivity index (χ4v) is 8.88. The molecule has 0 heterocycles. The van der Waals surface area contributed by atoms with Gasteiger partial charge in [0.05, 0.1) is 0 Å². The van der Waals surface area contributed by atoms with Gasteiger partial charge in [0.25, 0.3) is 0 Å². The zero-order valence-electron chi connectivity index (χ0n) is 50.4. The topological polar surface area (TPSA) is 78.9 Å². The molecule has 6 nitrogen and oxygen atoms in total. The fraction of sp³-hybridized carbons (Fsp3) is 0.704. The molecule has 0 fully saturated rings. The lowest BCUT2D eigenvalue weighted by atomic mass is 10.0. The first-order valence-electron chi connectivity index (χ1n) is 32.4. The Morgan fingerprint density at radius 2 is 0.506 bits per heavy atom. The number of hydrogen-bond acceptors (Lipinski definition) is 6. The lowest BCUT2D eigenvalue weighted by Gasteiger charge is -2.18. The maximum Gasteiger partial charge on any atom is 0.306 e. The van der Waals surface area contributed by atoms with Gasteiger partial charge in [-0.25, -0.2) is 0 Å². The van der Waals surface area contributed by atoms with Crippen LogP contribution in [0.15, 0.2) is 109 Å². The first-order valence-corrected chi connectivity index (χ1v) is 32.4. The highest BCUT2D eigenvalue weighted by Crippen LogP contribution is 2.16. The van der Waals surface area contributed by atoms with Crippen LogP contribution in [0.1, 0.15) is 303 Å². The van der Waals surface area contributed by atoms with Gasteiger partial charge in [0.1, 0.15) is 13.2 Å². The predicted octanol–water partition coefficient (Wildman–Crippen LogP) is 22.2. The van der Waals surface area contributed by atoms with E-state index in [1.54, 1.807) is 0 Å². The molecule has 0 rings (SSSR count). The highest BCUT2D eigenvalue weighted by Gasteiger charge is 2.19. The predicted molar refractivity (Wildman–Crippen MR) is 334 cm³/mol. The van der Waals surface area contributed by atoms with Crippen molar-refractivity contribution < 1.29 is 28.6 Å². The number of carbonyl (C=O) groups excluding carboxylic acids is 3. The number of hydrogen-bond donors (Lipinski definition) is 0. The lowest BCUT2D eigenvalue weighted by molar-refractivity contribution is -0.167. The van der Waals surface area contributed by atoms with Crippen molar-refractivity contribution in [1.29, 1.82) is 0 Å². The average Bonchev–Trinajstić information content (AvgIpc) is 3.43. The lowest BCUT2D eigenvalue weighted by Crippen LogP contribution is -2.30. The Morgan fingerprint density at radius 1 is 0.273 bits per heavy atom. The van der Waals surface area contributed by atoms with Crippen molar-refractivity contribution in [3.05, 3.63) is 109 Å². The van der Waals surface area contributed by atoms with E-state index >= 15 is 0 Å². The summed E-state index contributed by atoms with van der Waals surface area (Å²) in [4.78, 5) is 38.3. The summed E-state index contributed by atoms with van der Waals surface area (Å²) in [5, 5.41) is 0. The minimum absolute atomic E-state index is 0.0968. The van der Waals surface area contributed by atoms with Gasteiger partial charge in [0.15, 0.2) is 6.10 Å². The summed E-state index contributed by atoms with van der Waals surface area (Å²) in [6.07, 6.45) is 88.1. The summed E-state index contributed by atoms with van der Waals surface area (Å²) in [6.45, 7) is 6.47. The van der Waals surface area contributed by atoms with Gasteiger partial charge in [-0.05, 0) is 128 Å². The average molecular weight is 1070 g/mol. The molecule has 440 valence electrons. The van der Waals surface area contributed by atoms with Crippen LogP contribution in [0.2, 0.25) is 0 Å². The molecule has 0 radical (unpaired) electrons. The minimum atomic E-state index is -0.805. The molecule has 0 aromatic carbocycles. The van der Waals surface area contributed by atoms with Crippen molar-refractivity contribution in [2.75, 3.05) is 13.2 Å². The van der Waals surface area contributed by atoms with Gasteiger partial charge in [-0.3, -0.25) is 14.4 Å². The molecule has 0 aliphatic heterocycles. The normalized spacial score (nSPS) is 12.8. The van der Waals surface area contributed by atoms with E-state index in [4.69, 9.17) is 14.2 Å². The molecule has 0 saturated carbocycles. The Morgan fingerprint density at radius 3 is 0.831 bits per heavy atom. The number of unbranched alkanes of at least 4 members (excludes halogenated alkanes) is 29. The van der Waals surface area contributed by atoms with Crippen LogP contribution in [0.5, 0.6) is 0 Å². The summed E-state index contributed by atoms with van der Waals surface area (Å²) in [6, 6.07) is 0. The van der Waals surface area contributed by atoms with E-state index in [0.29, 0.717) is 12.8 Å². The van der Waals surface area contributed by atoms with Crippen molar-refractivity contribution >= 4 is 17.9 Å². The van der Waals surface area contributed by atoms with Crippen LogP contribution in [0.4, 0.5) is 0 Å². The number of ether oxygens (including phenoxy) is 3. The highest BCUT2D eigenvalue weighted by atomic mass is 16.6. The SMILES string of the molecule is CC/C=C\C/C=C\C/C=C\C/C=C\C/C=C\CCCCCC(=O)OC(COC(=O)CCCCCCC/C=C\C/C=C\CCCCC)COC(=O)CCCCCCCCCCCCCCC/C=C\C/C=C\CCCCCCC. The molecule has 0 N–H and O–H groups in total. The van der Waals surface area contributed by atoms with Crippen molar-refractivity contribution in [3.63, 3.8) is 0 Å². The third-order valence-corrected chi connectivity index (χ3v) is 13.7. The van der Waals surface area contributed by atoms with E-state index in [0.717, 1.165) is 128 Å². The Labute approximate surface area is 476 Å². The van der Waals surface area contributed by atoms with Crippen molar-refractivity contribution in [2.24, 2.45) is 0 Å². The highest BCUT2D eigenvalue weighted by molar-refractivity contribution is 5.71. The summed E-state index contributed by atoms with van der Waals surface area (Å²) in [7, 11) is 0. The van der Waals surface area contributed by atoms with Crippen LogP contribution in [0.25, 0.3) is 0 Å². The first kappa shape index (κ1) is 73.1. The molecule has 0 aliphatic carbocycles. The molecule has 77 heavy (non-hydrogen) atoms. The summed E-state index contributed by atoms with van der Waals surface area (Å²) in [5.74, 6) is -0.937. The Bertz CT molecular complexity index is 1560. The second-order valence-corrected chi connectivity index (χ2v) is 21.3. The van der Waals surface area contributed by atoms with Gasteiger partial charge >= 0.3 is 17.9 Å². The Kier molecular flexibility index (Phi) is 61.3. The Hall–Kier alpha value is -3.93. The number of carbonyl (C=O) groups is 3. The molecule has 1 atom stereocenters. The standard InChI is InChI=1S/C71H120O6/c1-4-7-10-13-16-19-22-25-28-30-32-33-34-35-36-37-39-40-43-46-49-52-55-58-61-64-70(73)76-67-68(66-75-69(72)63-60-57-54-51-48-45-42-27-24-21-18-15-12-9-6-3)77-71(74)65-62-59-56-53-50-47-44-41-38-31-29-26-23-20-17-14-11-8-5-2/h8,11,17-18,20-22,25-27,29-30,32,38,41-42,47,50,68H,4-7,9-10,12-16,19,23-24,28,31,33-37,39-40,43-46,48-49,51-67H2,1-3H3/b11-8-,20-17-,21-18-,25-22-,29-26-,32-30-,41-38-,42-27-,50-47-. The van der Waals surface area contributed by atoms with Gasteiger partial charge in [0, 0.05) is 19.3 Å². The second kappa shape index (κ2) is 64.6. The summed E-state index contributed by atoms with van der Waals surface area (Å²) < 4.78 is 16.9. The van der Waals surface area contributed by atoms with Crippen molar-refractivity contribution in [2.45, 2.75) is 309 Å². The third kappa shape index (κ3) is 62.8. The molecule has 0 aromatic heterocycles. The van der Waals surface area contributed by atoms with E-state index in [1.165, 1.54) is 135 Å². The minimum Gasteiger partial charge on any atom is -0.462 e. The molecule has 0 bridgehead atoms. The van der Waals surface area contributed by atoms with E-state index in [2.05, 4.69) is 130 Å². The van der Waals surface area contributed by atoms with E-state index in [-0.39, 0.29) is 37.5 Å². The Balaban J connectivity index is 4.40. The van der Waals surface area contributed by atoms with Crippen LogP contribution >= 0.6 is 0 Å². The maximum atomic E-state index is 12.9. The molecule has 0 amide bonds. The second-order valence-electron chi connectivity index (χ2n) is 21.3. The van der Waals surface area contributed by atoms with Gasteiger partial charge in [0.2, 0.25) is 0 Å². The van der Waals surface area contributed by atoms with Crippen LogP contribution in [-0.4, -0.2) is 37.2 Å². The zero-order valence-corrected chi connectivity index (χ0v) is 50.4. The largest absolute Gasteiger partial charge is 0.462 e. The van der Waals surface area contributed by atoms with Crippen LogP contribution in [-0.2, 0) is 28.6 Å². The van der Waals surface area contributed by atoms with Gasteiger partial charge in [-0.15, -0.1) is 0 Å². The molecule has 0 spiro atoms. The van der Waals surface area contributed by atoms with E-state index < -0.39 is 6.10 Å². The first-order chi connectivity index (χ1) is 38.0. The maximum absolute atomic E-state index is 12.9. The van der Waals surface area contributed by atoms with Gasteiger partial charge in [-0.1, -0.05) is 265 Å². The fourth-order valence-electron chi connectivity index (χ4n) is 8.88. The molecule has 0 aliphatic rings. The van der Waals surface area contributed by atoms with Crippen LogP contribution in [0, 0.1) is 0 Å². The zero-order chi connectivity index (χ0) is 55.7. The van der Waals surface area contributed by atoms with E-state index in [1.807, 2.05) is 0 Å². The smallest absolute Gasteiger partial charge is 0.306 e. The quantitative estimate of drug-likeness (QED) is 0.0261. The number of allylic oxidation sites excluding steroid dienone is 18. The third-order valence-electron chi connectivity index (χ3n) is 13.7. The van der Waals surface area contributed by atoms with Crippen LogP contribution in [0.3, 0.4) is 0 Å². The van der Waals surface area contributed by atoms with Gasteiger partial charge in [-0.2, -0.15) is 0 Å². The van der Waals surface area contributed by atoms with E-state index in [9.17, 15) is 14.4 Å². The summed E-state index contributed by atoms with van der Waals surface area (Å²) >= 11 is 0. The molecular formula is C71H120O6. The van der Waals surface area contributed by atoms with Crippen molar-refractivity contribution in [1.82, 2.24) is 0 Å². The molecular weight excluding hydrogens is 949 g/mol. The number of rotatable bonds is 58. The van der Waals surface area contributed by atoms with Gasteiger partial charge < -0.3 is 14.2 Å². The van der Waals surface area contributed by atoms with Crippen molar-refractivity contribution in [3.8, 4) is 0 Å². The molecule has 1 unspecified atom stereocenters. The summed E-state index contributed by atoms with van der Waals surface area (Å²) in [5.41, 5.74) is 0. The molecule has 0 saturated heterocycles. The monoisotopic (exact) mass is 1070 g/mol. The molecule has 0 aromatic rings. The van der Waals surface area contributed by atoms with Crippen LogP contribution < -0.4 is 0 Å². The number of esters is 3. The molecule has 6 heteroatoms.